The molecule has 0 radical (unpaired) electrons. The van der Waals surface area contributed by atoms with Gasteiger partial charge in [0.2, 0.25) is 0 Å². The van der Waals surface area contributed by atoms with Gasteiger partial charge in [0, 0.05) is 24.2 Å². The Morgan fingerprint density at radius 2 is 1.90 bits per heavy atom. The highest BCUT2D eigenvalue weighted by molar-refractivity contribution is 6.46. The molecule has 2 aromatic rings. The molecule has 9 heteroatoms. The lowest BCUT2D eigenvalue weighted by atomic mass is 9.99. The largest absolute Gasteiger partial charge is 0.507 e. The van der Waals surface area contributed by atoms with E-state index in [2.05, 4.69) is 0 Å². The zero-order valence-corrected chi connectivity index (χ0v) is 16.8. The molecule has 0 aliphatic carbocycles. The van der Waals surface area contributed by atoms with Crippen LogP contribution in [0.25, 0.3) is 5.76 Å². The van der Waals surface area contributed by atoms with Crippen molar-refractivity contribution in [3.05, 3.63) is 69.2 Å². The van der Waals surface area contributed by atoms with Crippen LogP contribution in [0, 0.1) is 17.0 Å². The summed E-state index contributed by atoms with van der Waals surface area (Å²) in [4.78, 5) is 37.1. The van der Waals surface area contributed by atoms with Crippen LogP contribution in [0.4, 0.5) is 5.69 Å². The molecule has 1 aliphatic rings. The maximum atomic E-state index is 12.8. The number of aliphatic hydroxyl groups excluding tert-OH is 1. The lowest BCUT2D eigenvalue weighted by molar-refractivity contribution is -0.384. The van der Waals surface area contributed by atoms with E-state index in [1.165, 1.54) is 29.2 Å². The summed E-state index contributed by atoms with van der Waals surface area (Å²) >= 11 is 0. The van der Waals surface area contributed by atoms with Gasteiger partial charge in [-0.15, -0.1) is 0 Å². The third kappa shape index (κ3) is 4.11. The molecule has 1 saturated heterocycles. The maximum Gasteiger partial charge on any atom is 0.295 e. The summed E-state index contributed by atoms with van der Waals surface area (Å²) in [6.45, 7) is 5.78. The first-order chi connectivity index (χ1) is 14.2. The Labute approximate surface area is 172 Å². The summed E-state index contributed by atoms with van der Waals surface area (Å²) in [5.41, 5.74) is -0.103. The number of aryl methyl sites for hydroxylation is 1. The zero-order valence-electron chi connectivity index (χ0n) is 16.8. The second-order valence-corrected chi connectivity index (χ2v) is 7.16. The number of likely N-dealkylation sites (tertiary alicyclic amines) is 1. The Balaban J connectivity index is 2.05. The number of aliphatic hydroxyl groups is 1. The van der Waals surface area contributed by atoms with Gasteiger partial charge < -0.3 is 19.2 Å². The van der Waals surface area contributed by atoms with Gasteiger partial charge in [0.25, 0.3) is 17.4 Å². The third-order valence-electron chi connectivity index (χ3n) is 4.71. The molecule has 0 spiro atoms. The fourth-order valence-electron chi connectivity index (χ4n) is 3.29. The molecular formula is C21H22N2O7. The smallest absolute Gasteiger partial charge is 0.295 e. The zero-order chi connectivity index (χ0) is 22.0. The van der Waals surface area contributed by atoms with Crippen LogP contribution < -0.4 is 0 Å². The van der Waals surface area contributed by atoms with Crippen LogP contribution >= 0.6 is 0 Å². The Kier molecular flexibility index (Phi) is 6.02. The Hall–Kier alpha value is -3.46. The van der Waals surface area contributed by atoms with Gasteiger partial charge in [0.15, 0.2) is 0 Å². The van der Waals surface area contributed by atoms with Crippen LogP contribution in [0.2, 0.25) is 0 Å². The summed E-state index contributed by atoms with van der Waals surface area (Å²) in [6.07, 6.45) is -0.0498. The molecule has 1 aromatic carbocycles. The molecule has 1 aromatic heterocycles. The van der Waals surface area contributed by atoms with E-state index >= 15 is 0 Å². The monoisotopic (exact) mass is 414 g/mol. The highest BCUT2D eigenvalue weighted by atomic mass is 16.6. The van der Waals surface area contributed by atoms with Gasteiger partial charge in [-0.05, 0) is 45.0 Å². The van der Waals surface area contributed by atoms with Crippen LogP contribution in [-0.2, 0) is 14.3 Å². The predicted octanol–water partition coefficient (Wildman–Crippen LogP) is 3.34. The molecule has 30 heavy (non-hydrogen) atoms. The molecule has 1 aliphatic heterocycles. The minimum absolute atomic E-state index is 0.0498. The lowest BCUT2D eigenvalue weighted by Gasteiger charge is -2.23. The van der Waals surface area contributed by atoms with Crippen molar-refractivity contribution in [2.75, 3.05) is 13.2 Å². The number of hydrogen-bond donors (Lipinski definition) is 1. The molecule has 1 amide bonds. The number of hydrogen-bond acceptors (Lipinski definition) is 7. The van der Waals surface area contributed by atoms with Crippen molar-refractivity contribution in [3.63, 3.8) is 0 Å². The van der Waals surface area contributed by atoms with Crippen molar-refractivity contribution in [2.24, 2.45) is 0 Å². The van der Waals surface area contributed by atoms with Crippen molar-refractivity contribution in [2.45, 2.75) is 32.9 Å². The molecule has 1 atom stereocenters. The maximum absolute atomic E-state index is 12.8. The van der Waals surface area contributed by atoms with Crippen LogP contribution in [0.5, 0.6) is 0 Å². The molecule has 1 N–H and O–H groups in total. The normalized spacial score (nSPS) is 18.4. The molecule has 0 bridgehead atoms. The van der Waals surface area contributed by atoms with Gasteiger partial charge in [0.1, 0.15) is 23.3 Å². The Morgan fingerprint density at radius 3 is 2.43 bits per heavy atom. The number of rotatable bonds is 7. The van der Waals surface area contributed by atoms with Crippen LogP contribution in [0.1, 0.15) is 37.0 Å². The number of nitro groups is 1. The second-order valence-electron chi connectivity index (χ2n) is 7.16. The van der Waals surface area contributed by atoms with E-state index in [1.54, 1.807) is 19.1 Å². The van der Waals surface area contributed by atoms with Crippen molar-refractivity contribution >= 4 is 23.1 Å². The summed E-state index contributed by atoms with van der Waals surface area (Å²) < 4.78 is 11.2. The molecule has 1 fully saturated rings. The van der Waals surface area contributed by atoms with E-state index in [4.69, 9.17) is 9.15 Å². The third-order valence-corrected chi connectivity index (χ3v) is 4.71. The van der Waals surface area contributed by atoms with Crippen LogP contribution in [-0.4, -0.2) is 45.9 Å². The number of Topliss-reactive ketones (excluding diaryl/α,β-unsaturated/α-hetero) is 1. The molecule has 2 heterocycles. The number of nitrogens with zero attached hydrogens (tertiary/aromatic N) is 2. The number of carbonyl (C=O) groups excluding carboxylic acids is 2. The van der Waals surface area contributed by atoms with Crippen molar-refractivity contribution in [3.8, 4) is 0 Å². The average molecular weight is 414 g/mol. The highest BCUT2D eigenvalue weighted by Crippen LogP contribution is 2.40. The van der Waals surface area contributed by atoms with Gasteiger partial charge >= 0.3 is 0 Å². The van der Waals surface area contributed by atoms with Gasteiger partial charge in [-0.2, -0.15) is 0 Å². The minimum Gasteiger partial charge on any atom is -0.507 e. The molecule has 1 unspecified atom stereocenters. The molecular weight excluding hydrogens is 392 g/mol. The first-order valence-corrected chi connectivity index (χ1v) is 9.42. The first kappa shape index (κ1) is 21.3. The topological polar surface area (TPSA) is 123 Å². The van der Waals surface area contributed by atoms with Crippen LogP contribution in [0.15, 0.2) is 46.4 Å². The van der Waals surface area contributed by atoms with Gasteiger partial charge in [-0.3, -0.25) is 19.7 Å². The SMILES string of the molecule is Cc1ccc(C2/C(=C(/O)c3ccc([N+](=O)[O-])cc3)C(=O)C(=O)N2CCOC(C)C)o1. The number of nitro benzene ring substituents is 1. The van der Waals surface area contributed by atoms with E-state index in [9.17, 15) is 24.8 Å². The summed E-state index contributed by atoms with van der Waals surface area (Å²) in [5.74, 6) is -1.13. The first-order valence-electron chi connectivity index (χ1n) is 9.42. The number of amides is 1. The van der Waals surface area contributed by atoms with Crippen molar-refractivity contribution in [1.82, 2.24) is 4.90 Å². The number of ether oxygens (including phenoxy) is 1. The van der Waals surface area contributed by atoms with Crippen molar-refractivity contribution in [1.29, 1.82) is 0 Å². The van der Waals surface area contributed by atoms with Crippen LogP contribution in [0.3, 0.4) is 0 Å². The standard InChI is InChI=1S/C21H22N2O7/c1-12(2)29-11-10-22-18(16-9-4-13(3)30-16)17(20(25)21(22)26)19(24)14-5-7-15(8-6-14)23(27)28/h4-9,12,18,24H,10-11H2,1-3H3/b19-17-. The van der Waals surface area contributed by atoms with E-state index in [1.807, 2.05) is 13.8 Å². The average Bonchev–Trinajstić information content (AvgIpc) is 3.23. The fraction of sp³-hybridized carbons (Fsp3) is 0.333. The number of carbonyl (C=O) groups is 2. The Bertz CT molecular complexity index is 1000. The summed E-state index contributed by atoms with van der Waals surface area (Å²) in [7, 11) is 0. The molecule has 0 saturated carbocycles. The van der Waals surface area contributed by atoms with Gasteiger partial charge in [-0.25, -0.2) is 0 Å². The number of ketones is 1. The van der Waals surface area contributed by atoms with E-state index in [-0.39, 0.29) is 36.1 Å². The summed E-state index contributed by atoms with van der Waals surface area (Å²) in [6, 6.07) is 7.50. The minimum atomic E-state index is -0.926. The van der Waals surface area contributed by atoms with Gasteiger partial charge in [-0.1, -0.05) is 0 Å². The summed E-state index contributed by atoms with van der Waals surface area (Å²) in [5, 5.41) is 21.7. The Morgan fingerprint density at radius 1 is 1.23 bits per heavy atom. The quantitative estimate of drug-likeness (QED) is 0.242. The molecule has 158 valence electrons. The number of furan rings is 1. The molecule has 9 nitrogen and oxygen atoms in total. The number of benzene rings is 1. The van der Waals surface area contributed by atoms with E-state index in [0.717, 1.165) is 0 Å². The highest BCUT2D eigenvalue weighted by Gasteiger charge is 2.47. The lowest BCUT2D eigenvalue weighted by Crippen LogP contribution is -2.33. The van der Waals surface area contributed by atoms with E-state index in [0.29, 0.717) is 11.5 Å². The predicted molar refractivity (Wildman–Crippen MR) is 107 cm³/mol. The van der Waals surface area contributed by atoms with E-state index < -0.39 is 28.4 Å². The number of non-ortho nitro benzene ring substituents is 1. The molecule has 3 rings (SSSR count). The fourth-order valence-corrected chi connectivity index (χ4v) is 3.29. The van der Waals surface area contributed by atoms with Crippen molar-refractivity contribution < 1.29 is 28.8 Å². The van der Waals surface area contributed by atoms with Gasteiger partial charge in [0.05, 0.1) is 23.2 Å². The second kappa shape index (κ2) is 8.50.